The van der Waals surface area contributed by atoms with Crippen molar-refractivity contribution in [3.8, 4) is 5.75 Å². The van der Waals surface area contributed by atoms with Crippen LogP contribution in [-0.4, -0.2) is 70.6 Å². The Bertz CT molecular complexity index is 1690. The highest BCUT2D eigenvalue weighted by Gasteiger charge is 2.54. The monoisotopic (exact) mass is 785 g/mol. The Hall–Kier alpha value is -3.24. The average molecular weight is 786 g/mol. The Morgan fingerprint density at radius 2 is 2.00 bits per heavy atom. The van der Waals surface area contributed by atoms with E-state index in [1.807, 2.05) is 23.5 Å². The van der Waals surface area contributed by atoms with Crippen molar-refractivity contribution in [1.29, 1.82) is 0 Å². The summed E-state index contributed by atoms with van der Waals surface area (Å²) in [5, 5.41) is 6.86. The molecule has 18 heteroatoms. The Balaban J connectivity index is 0.000000477. The third-order valence-electron chi connectivity index (χ3n) is 8.05. The van der Waals surface area contributed by atoms with Gasteiger partial charge in [-0.2, -0.15) is 18.0 Å². The lowest BCUT2D eigenvalue weighted by Crippen LogP contribution is -2.39. The van der Waals surface area contributed by atoms with Gasteiger partial charge in [0, 0.05) is 41.7 Å². The molecule has 1 aliphatic heterocycles. The van der Waals surface area contributed by atoms with Crippen molar-refractivity contribution in [1.82, 2.24) is 24.5 Å². The molecule has 3 heterocycles. The third-order valence-corrected chi connectivity index (χ3v) is 10.1. The molecule has 1 aliphatic carbocycles. The molecule has 1 aromatic carbocycles. The number of alkyl halides is 3. The van der Waals surface area contributed by atoms with Crippen LogP contribution in [0, 0.1) is 5.92 Å². The van der Waals surface area contributed by atoms with Gasteiger partial charge in [-0.15, -0.1) is 0 Å². The number of esters is 1. The Kier molecular flexibility index (Phi) is 15.3. The zero-order chi connectivity index (χ0) is 37.9. The van der Waals surface area contributed by atoms with Gasteiger partial charge in [0.1, 0.15) is 29.5 Å². The maximum Gasteiger partial charge on any atom is 0.412 e. The van der Waals surface area contributed by atoms with Gasteiger partial charge >= 0.3 is 20.7 Å². The molecule has 3 unspecified atom stereocenters. The van der Waals surface area contributed by atoms with Gasteiger partial charge in [0.25, 0.3) is 0 Å². The summed E-state index contributed by atoms with van der Waals surface area (Å²) in [7, 11) is -1.67. The van der Waals surface area contributed by atoms with Gasteiger partial charge in [0.05, 0.1) is 24.7 Å². The summed E-state index contributed by atoms with van der Waals surface area (Å²) in [6.45, 7) is 11.6. The molecule has 2 fully saturated rings. The Morgan fingerprint density at radius 3 is 2.62 bits per heavy atom. The number of nitrogens with one attached hydrogen (secondary N) is 2. The number of rotatable bonds is 16. The molecule has 4 atom stereocenters. The number of fused-ring (bicyclic) bond motifs is 1. The smallest absolute Gasteiger partial charge is 0.412 e. The number of ether oxygens (including phenoxy) is 2. The average Bonchev–Trinajstić information content (AvgIpc) is 3.62. The number of allylic oxidation sites excluding steroid dienone is 2. The van der Waals surface area contributed by atoms with Gasteiger partial charge in [-0.1, -0.05) is 37.1 Å². The summed E-state index contributed by atoms with van der Waals surface area (Å²) >= 11 is 7.56. The predicted octanol–water partition coefficient (Wildman–Crippen LogP) is 8.33. The molecule has 1 saturated carbocycles. The SMILES string of the molecule is C=CN=C/C=C(\C)C(F)(F)F.CCOC(=O)C1(NP(OCC2CC(C)[C@H](n3ccc4c(N(CC)NSC)ncnc43)O2)Oc2ccc(Cl)cc2)CC1. The zero-order valence-electron chi connectivity index (χ0n) is 29.6. The van der Waals surface area contributed by atoms with Crippen LogP contribution in [0.15, 0.2) is 72.3 Å². The van der Waals surface area contributed by atoms with Gasteiger partial charge in [-0.25, -0.2) is 15.1 Å². The number of anilines is 1. The van der Waals surface area contributed by atoms with Gasteiger partial charge in [0.15, 0.2) is 5.82 Å². The van der Waals surface area contributed by atoms with Crippen LogP contribution in [0.5, 0.6) is 5.75 Å². The van der Waals surface area contributed by atoms with Crippen LogP contribution in [-0.2, 0) is 18.8 Å². The van der Waals surface area contributed by atoms with E-state index in [2.05, 4.69) is 49.9 Å². The zero-order valence-corrected chi connectivity index (χ0v) is 32.1. The topological polar surface area (TPSA) is 124 Å². The molecule has 0 amide bonds. The van der Waals surface area contributed by atoms with E-state index in [1.165, 1.54) is 18.1 Å². The minimum Gasteiger partial charge on any atom is -0.465 e. The van der Waals surface area contributed by atoms with Gasteiger partial charge < -0.3 is 23.1 Å². The summed E-state index contributed by atoms with van der Waals surface area (Å²) in [5.41, 5.74) is -0.641. The van der Waals surface area contributed by atoms with E-state index in [0.717, 1.165) is 49.0 Å². The molecule has 0 bridgehead atoms. The lowest BCUT2D eigenvalue weighted by Gasteiger charge is -2.24. The molecular formula is C34H44ClF3N7O5PS. The summed E-state index contributed by atoms with van der Waals surface area (Å²) in [6.07, 6.45) is 6.18. The standard InChI is InChI=1S/C27H36ClN6O5PS.C7H8F3N/c1-5-34(32-41-4)24-22-11-14-33(23(22)29-17-30-24)25-18(3)15-21(38-25)16-37-40(39-20-9-7-19(28)8-10-20)31-27(12-13-27)26(35)36-6-2;1-3-11-5-4-6(2)7(8,9)10/h7-11,14,17-18,21,25,31-32H,5-6,12-13,15-16H2,1-4H3;3-5H,1H2,2H3/b;6-4+,11-5?/t18?,21?,25-,40?;/m1./s1. The van der Waals surface area contributed by atoms with Crippen LogP contribution in [0.1, 0.15) is 53.2 Å². The highest BCUT2D eigenvalue weighted by molar-refractivity contribution is 7.96. The number of carbonyl (C=O) groups excluding carboxylic acids is 1. The van der Waals surface area contributed by atoms with Crippen LogP contribution < -0.4 is 19.5 Å². The number of hydrogen-bond acceptors (Lipinski definition) is 12. The predicted molar refractivity (Wildman–Crippen MR) is 200 cm³/mol. The van der Waals surface area contributed by atoms with Crippen LogP contribution in [0.4, 0.5) is 19.0 Å². The van der Waals surface area contributed by atoms with Crippen molar-refractivity contribution in [3.05, 3.63) is 72.3 Å². The minimum absolute atomic E-state index is 0.169. The number of aromatic nitrogens is 3. The van der Waals surface area contributed by atoms with E-state index in [-0.39, 0.29) is 24.2 Å². The first-order valence-electron chi connectivity index (χ1n) is 16.6. The number of nitrogens with zero attached hydrogens (tertiary/aromatic N) is 5. The van der Waals surface area contributed by atoms with Crippen LogP contribution in [0.25, 0.3) is 11.0 Å². The number of halogens is 4. The fourth-order valence-electron chi connectivity index (χ4n) is 5.17. The first-order valence-corrected chi connectivity index (χ1v) is 19.4. The van der Waals surface area contributed by atoms with E-state index in [0.29, 0.717) is 36.8 Å². The molecule has 2 N–H and O–H groups in total. The molecule has 3 aromatic rings. The van der Waals surface area contributed by atoms with Gasteiger partial charge in [-0.05, 0) is 82.7 Å². The van der Waals surface area contributed by atoms with Gasteiger partial charge in [0.2, 0.25) is 0 Å². The molecule has 2 aliphatic rings. The number of hydrogen-bond donors (Lipinski definition) is 2. The number of hydrazine groups is 1. The van der Waals surface area contributed by atoms with E-state index in [4.69, 9.17) is 30.1 Å². The molecule has 0 radical (unpaired) electrons. The molecule has 2 aromatic heterocycles. The molecule has 52 heavy (non-hydrogen) atoms. The second kappa shape index (κ2) is 19.2. The van der Waals surface area contributed by atoms with Crippen LogP contribution >= 0.6 is 32.1 Å². The summed E-state index contributed by atoms with van der Waals surface area (Å²) in [6, 6.07) is 9.09. The third kappa shape index (κ3) is 11.1. The molecule has 5 rings (SSSR count). The fraction of sp³-hybridized carbons (Fsp3) is 0.471. The molecule has 0 spiro atoms. The fourth-order valence-corrected chi connectivity index (χ4v) is 7.18. The lowest BCUT2D eigenvalue weighted by atomic mass is 10.1. The van der Waals surface area contributed by atoms with Crippen LogP contribution in [0.2, 0.25) is 5.02 Å². The normalized spacial score (nSPS) is 20.3. The number of carbonyl (C=O) groups is 1. The van der Waals surface area contributed by atoms with Crippen molar-refractivity contribution in [2.75, 3.05) is 31.0 Å². The van der Waals surface area contributed by atoms with E-state index in [1.54, 1.807) is 37.5 Å². The van der Waals surface area contributed by atoms with E-state index in [9.17, 15) is 18.0 Å². The second-order valence-electron chi connectivity index (χ2n) is 11.9. The Labute approximate surface area is 312 Å². The highest BCUT2D eigenvalue weighted by Crippen LogP contribution is 2.48. The Morgan fingerprint density at radius 1 is 1.27 bits per heavy atom. The molecule has 284 valence electrons. The molecule has 1 saturated heterocycles. The summed E-state index contributed by atoms with van der Waals surface area (Å²) in [4.78, 5) is 28.4. The van der Waals surface area contributed by atoms with Crippen molar-refractivity contribution in [2.45, 2.75) is 71.0 Å². The van der Waals surface area contributed by atoms with Crippen molar-refractivity contribution in [2.24, 2.45) is 10.9 Å². The second-order valence-corrected chi connectivity index (χ2v) is 14.1. The summed E-state index contributed by atoms with van der Waals surface area (Å²) in [5.74, 6) is 1.35. The maximum absolute atomic E-state index is 12.6. The number of aliphatic imine (C=N–C) groups is 1. The first kappa shape index (κ1) is 41.5. The van der Waals surface area contributed by atoms with E-state index >= 15 is 0 Å². The number of benzene rings is 1. The van der Waals surface area contributed by atoms with E-state index < -0.39 is 25.8 Å². The summed E-state index contributed by atoms with van der Waals surface area (Å²) < 4.78 is 61.5. The van der Waals surface area contributed by atoms with Crippen molar-refractivity contribution in [3.63, 3.8) is 0 Å². The molecular weight excluding hydrogens is 742 g/mol. The lowest BCUT2D eigenvalue weighted by molar-refractivity contribution is -0.146. The highest BCUT2D eigenvalue weighted by atomic mass is 35.5. The maximum atomic E-state index is 12.6. The van der Waals surface area contributed by atoms with Crippen molar-refractivity contribution < 1.29 is 36.5 Å². The molecule has 12 nitrogen and oxygen atoms in total. The largest absolute Gasteiger partial charge is 0.465 e. The quantitative estimate of drug-likeness (QED) is 0.0479. The van der Waals surface area contributed by atoms with Crippen molar-refractivity contribution >= 4 is 61.1 Å². The van der Waals surface area contributed by atoms with Crippen LogP contribution in [0.3, 0.4) is 0 Å². The minimum atomic E-state index is -4.26. The van der Waals surface area contributed by atoms with Gasteiger partial charge in [-0.3, -0.25) is 14.8 Å². The first-order chi connectivity index (χ1) is 24.8.